The van der Waals surface area contributed by atoms with Gasteiger partial charge in [0.05, 0.1) is 6.10 Å². The van der Waals surface area contributed by atoms with Gasteiger partial charge in [-0.1, -0.05) is 26.2 Å². The summed E-state index contributed by atoms with van der Waals surface area (Å²) >= 11 is 0. The van der Waals surface area contributed by atoms with E-state index in [9.17, 15) is 9.90 Å². The fraction of sp³-hybridized carbons (Fsp3) is 0.938. The number of urea groups is 1. The van der Waals surface area contributed by atoms with Crippen LogP contribution in [0, 0.1) is 11.8 Å². The van der Waals surface area contributed by atoms with E-state index >= 15 is 0 Å². The maximum absolute atomic E-state index is 11.9. The highest BCUT2D eigenvalue weighted by molar-refractivity contribution is 5.74. The van der Waals surface area contributed by atoms with E-state index in [2.05, 4.69) is 17.6 Å². The maximum Gasteiger partial charge on any atom is 0.315 e. The second kappa shape index (κ2) is 7.87. The number of carbonyl (C=O) groups is 1. The summed E-state index contributed by atoms with van der Waals surface area (Å²) in [6, 6.07) is 0.221. The van der Waals surface area contributed by atoms with Crippen LogP contribution in [0.15, 0.2) is 0 Å². The normalized spacial score (nSPS) is 34.5. The summed E-state index contributed by atoms with van der Waals surface area (Å²) in [5, 5.41) is 15.5. The van der Waals surface area contributed by atoms with Crippen molar-refractivity contribution >= 4 is 6.03 Å². The van der Waals surface area contributed by atoms with Gasteiger partial charge < -0.3 is 15.7 Å². The predicted molar refractivity (Wildman–Crippen MR) is 80.5 cm³/mol. The molecular formula is C16H30N2O2. The summed E-state index contributed by atoms with van der Waals surface area (Å²) in [6.45, 7) is 3.09. The van der Waals surface area contributed by atoms with E-state index in [4.69, 9.17) is 0 Å². The fourth-order valence-electron chi connectivity index (χ4n) is 3.54. The number of aliphatic hydroxyl groups is 1. The van der Waals surface area contributed by atoms with Gasteiger partial charge in [0, 0.05) is 12.6 Å². The molecule has 0 aromatic carbocycles. The topological polar surface area (TPSA) is 61.4 Å². The minimum atomic E-state index is -0.162. The number of hydrogen-bond donors (Lipinski definition) is 3. The number of aliphatic hydroxyl groups excluding tert-OH is 1. The van der Waals surface area contributed by atoms with Gasteiger partial charge in [0.15, 0.2) is 0 Å². The first-order valence-corrected chi connectivity index (χ1v) is 8.39. The molecule has 4 heteroatoms. The second-order valence-electron chi connectivity index (χ2n) is 6.65. The van der Waals surface area contributed by atoms with Crippen LogP contribution in [0.25, 0.3) is 0 Å². The van der Waals surface area contributed by atoms with Gasteiger partial charge in [-0.05, 0) is 50.4 Å². The zero-order chi connectivity index (χ0) is 14.4. The summed E-state index contributed by atoms with van der Waals surface area (Å²) < 4.78 is 0. The number of rotatable bonds is 4. The minimum absolute atomic E-state index is 0.0241. The van der Waals surface area contributed by atoms with Crippen molar-refractivity contribution in [3.63, 3.8) is 0 Å². The molecule has 2 aliphatic rings. The van der Waals surface area contributed by atoms with Gasteiger partial charge in [-0.25, -0.2) is 4.79 Å². The lowest BCUT2D eigenvalue weighted by Crippen LogP contribution is -2.45. The summed E-state index contributed by atoms with van der Waals surface area (Å²) in [6.07, 6.45) is 9.72. The predicted octanol–water partition coefficient (Wildman–Crippen LogP) is 2.81. The van der Waals surface area contributed by atoms with Crippen molar-refractivity contribution in [1.29, 1.82) is 0 Å². The molecule has 116 valence electrons. The van der Waals surface area contributed by atoms with E-state index in [1.165, 1.54) is 32.1 Å². The molecule has 0 spiro atoms. The Morgan fingerprint density at radius 3 is 2.20 bits per heavy atom. The van der Waals surface area contributed by atoms with Gasteiger partial charge in [-0.15, -0.1) is 0 Å². The summed E-state index contributed by atoms with van der Waals surface area (Å²) in [7, 11) is 0. The smallest absolute Gasteiger partial charge is 0.315 e. The Hall–Kier alpha value is -0.770. The molecule has 20 heavy (non-hydrogen) atoms. The van der Waals surface area contributed by atoms with Crippen molar-refractivity contribution in [3.8, 4) is 0 Å². The number of hydrogen-bond acceptors (Lipinski definition) is 2. The lowest BCUT2D eigenvalue weighted by atomic mass is 9.81. The van der Waals surface area contributed by atoms with Crippen LogP contribution in [-0.4, -0.2) is 29.8 Å². The van der Waals surface area contributed by atoms with Crippen LogP contribution < -0.4 is 10.6 Å². The molecule has 0 aromatic rings. The SMILES string of the molecule is CCC1CCC(CNC(=O)NC2CCC(O)CC2)CC1. The van der Waals surface area contributed by atoms with Crippen LogP contribution in [0.5, 0.6) is 0 Å². The lowest BCUT2D eigenvalue weighted by molar-refractivity contribution is 0.117. The molecule has 0 aliphatic heterocycles. The van der Waals surface area contributed by atoms with Crippen molar-refractivity contribution in [2.45, 2.75) is 76.9 Å². The molecule has 2 amide bonds. The average molecular weight is 282 g/mol. The lowest BCUT2D eigenvalue weighted by Gasteiger charge is -2.29. The Kier molecular flexibility index (Phi) is 6.14. The Labute approximate surface area is 122 Å². The van der Waals surface area contributed by atoms with Crippen LogP contribution >= 0.6 is 0 Å². The highest BCUT2D eigenvalue weighted by Crippen LogP contribution is 2.30. The Balaban J connectivity index is 1.58. The van der Waals surface area contributed by atoms with Gasteiger partial charge in [0.2, 0.25) is 0 Å². The van der Waals surface area contributed by atoms with Crippen molar-refractivity contribution in [3.05, 3.63) is 0 Å². The van der Waals surface area contributed by atoms with E-state index < -0.39 is 0 Å². The van der Waals surface area contributed by atoms with Crippen LogP contribution in [0.2, 0.25) is 0 Å². The molecule has 2 aliphatic carbocycles. The summed E-state index contributed by atoms with van der Waals surface area (Å²) in [5.74, 6) is 1.57. The molecule has 3 N–H and O–H groups in total. The fourth-order valence-corrected chi connectivity index (χ4v) is 3.54. The zero-order valence-electron chi connectivity index (χ0n) is 12.7. The highest BCUT2D eigenvalue weighted by Gasteiger charge is 2.22. The van der Waals surface area contributed by atoms with E-state index in [1.54, 1.807) is 0 Å². The molecule has 0 unspecified atom stereocenters. The summed E-state index contributed by atoms with van der Waals surface area (Å²) in [4.78, 5) is 11.9. The second-order valence-corrected chi connectivity index (χ2v) is 6.65. The van der Waals surface area contributed by atoms with Gasteiger partial charge in [0.1, 0.15) is 0 Å². The van der Waals surface area contributed by atoms with E-state index in [1.807, 2.05) is 0 Å². The highest BCUT2D eigenvalue weighted by atomic mass is 16.3. The van der Waals surface area contributed by atoms with Gasteiger partial charge in [-0.3, -0.25) is 0 Å². The molecule has 0 bridgehead atoms. The third kappa shape index (κ3) is 4.97. The van der Waals surface area contributed by atoms with E-state index in [0.717, 1.165) is 38.1 Å². The Bertz CT molecular complexity index is 293. The largest absolute Gasteiger partial charge is 0.393 e. The Morgan fingerprint density at radius 1 is 1.00 bits per heavy atom. The Morgan fingerprint density at radius 2 is 1.60 bits per heavy atom. The number of nitrogens with one attached hydrogen (secondary N) is 2. The van der Waals surface area contributed by atoms with Crippen LogP contribution in [0.4, 0.5) is 4.79 Å². The van der Waals surface area contributed by atoms with Gasteiger partial charge in [0.25, 0.3) is 0 Å². The molecule has 2 rings (SSSR count). The van der Waals surface area contributed by atoms with Crippen LogP contribution in [0.3, 0.4) is 0 Å². The maximum atomic E-state index is 11.9. The molecular weight excluding hydrogens is 252 g/mol. The summed E-state index contributed by atoms with van der Waals surface area (Å²) in [5.41, 5.74) is 0. The molecule has 0 saturated heterocycles. The molecule has 0 aromatic heterocycles. The average Bonchev–Trinajstić information content (AvgIpc) is 2.48. The molecule has 2 saturated carbocycles. The monoisotopic (exact) mass is 282 g/mol. The first kappa shape index (κ1) is 15.6. The van der Waals surface area contributed by atoms with Crippen LogP contribution in [0.1, 0.15) is 64.7 Å². The van der Waals surface area contributed by atoms with Crippen LogP contribution in [-0.2, 0) is 0 Å². The molecule has 0 atom stereocenters. The quantitative estimate of drug-likeness (QED) is 0.742. The first-order valence-electron chi connectivity index (χ1n) is 8.39. The molecule has 2 fully saturated rings. The number of carbonyl (C=O) groups excluding carboxylic acids is 1. The minimum Gasteiger partial charge on any atom is -0.393 e. The van der Waals surface area contributed by atoms with Crippen molar-refractivity contribution < 1.29 is 9.90 Å². The van der Waals surface area contributed by atoms with E-state index in [0.29, 0.717) is 5.92 Å². The standard InChI is InChI=1S/C16H30N2O2/c1-2-12-3-5-13(6-4-12)11-17-16(20)18-14-7-9-15(19)10-8-14/h12-15,19H,2-11H2,1H3,(H2,17,18,20). The van der Waals surface area contributed by atoms with Gasteiger partial charge >= 0.3 is 6.03 Å². The molecule has 0 radical (unpaired) electrons. The zero-order valence-corrected chi connectivity index (χ0v) is 12.7. The molecule has 0 heterocycles. The first-order chi connectivity index (χ1) is 9.67. The van der Waals surface area contributed by atoms with Crippen molar-refractivity contribution in [1.82, 2.24) is 10.6 Å². The third-order valence-corrected chi connectivity index (χ3v) is 5.13. The molecule has 4 nitrogen and oxygen atoms in total. The van der Waals surface area contributed by atoms with E-state index in [-0.39, 0.29) is 18.2 Å². The van der Waals surface area contributed by atoms with Crippen molar-refractivity contribution in [2.24, 2.45) is 11.8 Å². The third-order valence-electron chi connectivity index (χ3n) is 5.13. The van der Waals surface area contributed by atoms with Gasteiger partial charge in [-0.2, -0.15) is 0 Å². The van der Waals surface area contributed by atoms with Crippen molar-refractivity contribution in [2.75, 3.05) is 6.54 Å². The number of amides is 2.